The lowest BCUT2D eigenvalue weighted by Crippen LogP contribution is -2.29. The molecule has 3 rings (SSSR count). The van der Waals surface area contributed by atoms with Gasteiger partial charge in [-0.3, -0.25) is 4.79 Å². The number of hydrogen-bond acceptors (Lipinski definition) is 3. The lowest BCUT2D eigenvalue weighted by Gasteiger charge is -2.16. The van der Waals surface area contributed by atoms with Crippen LogP contribution in [0.2, 0.25) is 5.02 Å². The van der Waals surface area contributed by atoms with Crippen molar-refractivity contribution in [3.8, 4) is 0 Å². The minimum atomic E-state index is -0.243. The largest absolute Gasteiger partial charge is 0.380 e. The third kappa shape index (κ3) is 4.06. The monoisotopic (exact) mass is 371 g/mol. The number of carbonyl (C=O) groups excluding carboxylic acids is 1. The number of nitrogens with zero attached hydrogens (tertiary/aromatic N) is 2. The van der Waals surface area contributed by atoms with Gasteiger partial charge in [-0.25, -0.2) is 4.98 Å². The molecule has 0 bridgehead atoms. The zero-order chi connectivity index (χ0) is 18.5. The molecule has 0 aliphatic carbocycles. The summed E-state index contributed by atoms with van der Waals surface area (Å²) < 4.78 is 7.61. The van der Waals surface area contributed by atoms with Crippen molar-refractivity contribution < 1.29 is 9.53 Å². The van der Waals surface area contributed by atoms with Crippen LogP contribution in [0.5, 0.6) is 0 Å². The van der Waals surface area contributed by atoms with Crippen molar-refractivity contribution in [2.24, 2.45) is 0 Å². The smallest absolute Gasteiger partial charge is 0.251 e. The Labute approximate surface area is 157 Å². The van der Waals surface area contributed by atoms with Crippen molar-refractivity contribution in [3.05, 3.63) is 64.9 Å². The molecule has 1 amide bonds. The number of benzene rings is 2. The van der Waals surface area contributed by atoms with Crippen LogP contribution in [-0.2, 0) is 11.3 Å². The summed E-state index contributed by atoms with van der Waals surface area (Å²) in [6.07, 6.45) is 0. The van der Waals surface area contributed by atoms with Crippen LogP contribution in [0.25, 0.3) is 11.0 Å². The summed E-state index contributed by atoms with van der Waals surface area (Å²) in [7, 11) is 0. The van der Waals surface area contributed by atoms with Gasteiger partial charge in [-0.15, -0.1) is 0 Å². The first kappa shape index (κ1) is 18.4. The molecular weight excluding hydrogens is 350 g/mol. The standard InChI is InChI=1S/C20H22ClN3O2/c1-3-26-13-12-24-18-7-5-4-6-17(18)23-19(24)14(2)22-20(25)15-8-10-16(21)11-9-15/h4-11,14H,3,12-13H2,1-2H3,(H,22,25). The quantitative estimate of drug-likeness (QED) is 0.633. The summed E-state index contributed by atoms with van der Waals surface area (Å²) in [5.74, 6) is 0.658. The van der Waals surface area contributed by atoms with E-state index in [1.165, 1.54) is 0 Å². The Morgan fingerprint density at radius 3 is 2.69 bits per heavy atom. The summed E-state index contributed by atoms with van der Waals surface area (Å²) in [6, 6.07) is 14.6. The van der Waals surface area contributed by atoms with Crippen LogP contribution >= 0.6 is 11.6 Å². The average molecular weight is 372 g/mol. The van der Waals surface area contributed by atoms with Crippen LogP contribution in [0.1, 0.15) is 36.1 Å². The van der Waals surface area contributed by atoms with Crippen molar-refractivity contribution in [1.29, 1.82) is 0 Å². The maximum Gasteiger partial charge on any atom is 0.251 e. The number of imidazole rings is 1. The summed E-state index contributed by atoms with van der Waals surface area (Å²) in [5, 5.41) is 3.62. The van der Waals surface area contributed by atoms with E-state index in [9.17, 15) is 4.79 Å². The molecule has 136 valence electrons. The molecule has 6 heteroatoms. The molecule has 0 aliphatic rings. The molecule has 3 aromatic rings. The Kier molecular flexibility index (Phi) is 5.91. The van der Waals surface area contributed by atoms with Crippen molar-refractivity contribution in [2.75, 3.05) is 13.2 Å². The normalized spacial score (nSPS) is 12.3. The molecule has 26 heavy (non-hydrogen) atoms. The minimum absolute atomic E-state index is 0.155. The molecule has 5 nitrogen and oxygen atoms in total. The molecule has 1 aromatic heterocycles. The number of halogens is 1. The minimum Gasteiger partial charge on any atom is -0.380 e. The molecule has 1 unspecified atom stereocenters. The van der Waals surface area contributed by atoms with Crippen molar-refractivity contribution in [3.63, 3.8) is 0 Å². The SMILES string of the molecule is CCOCCn1c(C(C)NC(=O)c2ccc(Cl)cc2)nc2ccccc21. The number of para-hydroxylation sites is 2. The van der Waals surface area contributed by atoms with Gasteiger partial charge >= 0.3 is 0 Å². The lowest BCUT2D eigenvalue weighted by molar-refractivity contribution is 0.0937. The molecule has 1 heterocycles. The van der Waals surface area contributed by atoms with Crippen LogP contribution in [0.4, 0.5) is 0 Å². The molecular formula is C20H22ClN3O2. The highest BCUT2D eigenvalue weighted by atomic mass is 35.5. The number of rotatable bonds is 7. The maximum atomic E-state index is 12.5. The van der Waals surface area contributed by atoms with Gasteiger partial charge in [0.15, 0.2) is 0 Å². The Balaban J connectivity index is 1.84. The Morgan fingerprint density at radius 1 is 1.23 bits per heavy atom. The molecule has 0 saturated carbocycles. The average Bonchev–Trinajstić information content (AvgIpc) is 3.01. The van der Waals surface area contributed by atoms with E-state index in [1.54, 1.807) is 24.3 Å². The zero-order valence-electron chi connectivity index (χ0n) is 14.9. The summed E-state index contributed by atoms with van der Waals surface area (Å²) >= 11 is 5.89. The van der Waals surface area contributed by atoms with Gasteiger partial charge in [-0.05, 0) is 50.2 Å². The molecule has 0 aliphatic heterocycles. The highest BCUT2D eigenvalue weighted by Gasteiger charge is 2.19. The van der Waals surface area contributed by atoms with Gasteiger partial charge in [0.1, 0.15) is 5.82 Å². The van der Waals surface area contributed by atoms with Crippen LogP contribution < -0.4 is 5.32 Å². The van der Waals surface area contributed by atoms with E-state index in [2.05, 4.69) is 9.88 Å². The van der Waals surface area contributed by atoms with Crippen LogP contribution in [0.15, 0.2) is 48.5 Å². The predicted octanol–water partition coefficient (Wildman–Crippen LogP) is 4.22. The van der Waals surface area contributed by atoms with Crippen molar-refractivity contribution >= 4 is 28.5 Å². The zero-order valence-corrected chi connectivity index (χ0v) is 15.7. The Morgan fingerprint density at radius 2 is 1.96 bits per heavy atom. The molecule has 1 atom stereocenters. The van der Waals surface area contributed by atoms with Gasteiger partial charge in [0, 0.05) is 23.7 Å². The van der Waals surface area contributed by atoms with Gasteiger partial charge < -0.3 is 14.6 Å². The second kappa shape index (κ2) is 8.34. The second-order valence-corrected chi connectivity index (χ2v) is 6.45. The van der Waals surface area contributed by atoms with E-state index in [1.807, 2.05) is 38.1 Å². The summed E-state index contributed by atoms with van der Waals surface area (Å²) in [6.45, 7) is 5.87. The first-order valence-electron chi connectivity index (χ1n) is 8.69. The third-order valence-electron chi connectivity index (χ3n) is 4.19. The van der Waals surface area contributed by atoms with Gasteiger partial charge in [-0.2, -0.15) is 0 Å². The predicted molar refractivity (Wildman–Crippen MR) is 104 cm³/mol. The highest BCUT2D eigenvalue weighted by Crippen LogP contribution is 2.21. The van der Waals surface area contributed by atoms with Crippen molar-refractivity contribution in [2.45, 2.75) is 26.4 Å². The second-order valence-electron chi connectivity index (χ2n) is 6.01. The van der Waals surface area contributed by atoms with Crippen LogP contribution in [0.3, 0.4) is 0 Å². The van der Waals surface area contributed by atoms with Crippen LogP contribution in [-0.4, -0.2) is 28.7 Å². The number of carbonyl (C=O) groups is 1. The van der Waals surface area contributed by atoms with E-state index in [0.29, 0.717) is 30.3 Å². The van der Waals surface area contributed by atoms with Gasteiger partial charge in [0.05, 0.1) is 23.7 Å². The van der Waals surface area contributed by atoms with E-state index < -0.39 is 0 Å². The highest BCUT2D eigenvalue weighted by molar-refractivity contribution is 6.30. The number of fused-ring (bicyclic) bond motifs is 1. The lowest BCUT2D eigenvalue weighted by atomic mass is 10.2. The number of ether oxygens (including phenoxy) is 1. The molecule has 0 saturated heterocycles. The van der Waals surface area contributed by atoms with Gasteiger partial charge in [-0.1, -0.05) is 23.7 Å². The first-order chi connectivity index (χ1) is 12.6. The number of hydrogen-bond donors (Lipinski definition) is 1. The summed E-state index contributed by atoms with van der Waals surface area (Å²) in [5.41, 5.74) is 2.51. The first-order valence-corrected chi connectivity index (χ1v) is 9.07. The molecule has 0 fully saturated rings. The third-order valence-corrected chi connectivity index (χ3v) is 4.44. The van der Waals surface area contributed by atoms with E-state index >= 15 is 0 Å². The van der Waals surface area contributed by atoms with Crippen molar-refractivity contribution in [1.82, 2.24) is 14.9 Å². The molecule has 2 aromatic carbocycles. The Hall–Kier alpha value is -2.37. The number of nitrogens with one attached hydrogen (secondary N) is 1. The molecule has 0 radical (unpaired) electrons. The fourth-order valence-electron chi connectivity index (χ4n) is 2.91. The fourth-order valence-corrected chi connectivity index (χ4v) is 3.03. The fraction of sp³-hybridized carbons (Fsp3) is 0.300. The van der Waals surface area contributed by atoms with Gasteiger partial charge in [0.25, 0.3) is 5.91 Å². The molecule has 1 N–H and O–H groups in total. The van der Waals surface area contributed by atoms with E-state index in [0.717, 1.165) is 16.9 Å². The maximum absolute atomic E-state index is 12.5. The summed E-state index contributed by atoms with van der Waals surface area (Å²) in [4.78, 5) is 17.2. The van der Waals surface area contributed by atoms with E-state index in [4.69, 9.17) is 21.3 Å². The van der Waals surface area contributed by atoms with Gasteiger partial charge in [0.2, 0.25) is 0 Å². The number of amides is 1. The van der Waals surface area contributed by atoms with E-state index in [-0.39, 0.29) is 11.9 Å². The topological polar surface area (TPSA) is 56.1 Å². The number of aromatic nitrogens is 2. The molecule has 0 spiro atoms. The van der Waals surface area contributed by atoms with Crippen LogP contribution in [0, 0.1) is 0 Å². The Bertz CT molecular complexity index is 890.